The van der Waals surface area contributed by atoms with Gasteiger partial charge in [-0.25, -0.2) is 4.79 Å². The number of amides is 1. The highest BCUT2D eigenvalue weighted by molar-refractivity contribution is 5.97. The molecule has 1 spiro atoms. The van der Waals surface area contributed by atoms with E-state index >= 15 is 0 Å². The number of carboxylic acids is 1. The number of carboxylic acid groups (broad SMARTS) is 1. The molecule has 2 aliphatic rings. The molecular formula is C15H19N3O4. The van der Waals surface area contributed by atoms with Crippen LogP contribution in [0.4, 0.5) is 0 Å². The highest BCUT2D eigenvalue weighted by atomic mass is 16.5. The lowest BCUT2D eigenvalue weighted by Gasteiger charge is -2.43. The summed E-state index contributed by atoms with van der Waals surface area (Å²) in [5.74, 6) is -1.37. The smallest absolute Gasteiger partial charge is 0.328 e. The van der Waals surface area contributed by atoms with Crippen LogP contribution >= 0.6 is 0 Å². The van der Waals surface area contributed by atoms with Crippen molar-refractivity contribution in [3.63, 3.8) is 0 Å². The maximum atomic E-state index is 12.8. The summed E-state index contributed by atoms with van der Waals surface area (Å²) >= 11 is 0. The van der Waals surface area contributed by atoms with Gasteiger partial charge in [0, 0.05) is 38.3 Å². The quantitative estimate of drug-likeness (QED) is 0.853. The Hall–Kier alpha value is -1.99. The number of carbonyl (C=O) groups excluding carboxylic acids is 1. The molecule has 0 aliphatic carbocycles. The van der Waals surface area contributed by atoms with E-state index in [1.54, 1.807) is 18.3 Å². The maximum Gasteiger partial charge on any atom is 0.328 e. The lowest BCUT2D eigenvalue weighted by Crippen LogP contribution is -2.57. The molecule has 0 radical (unpaired) electrons. The minimum atomic E-state index is -1.03. The molecule has 2 aliphatic heterocycles. The van der Waals surface area contributed by atoms with Crippen molar-refractivity contribution >= 4 is 11.9 Å². The Morgan fingerprint density at radius 1 is 1.41 bits per heavy atom. The summed E-state index contributed by atoms with van der Waals surface area (Å²) in [6.45, 7) is 1.57. The first kappa shape index (κ1) is 14.9. The van der Waals surface area contributed by atoms with E-state index in [-0.39, 0.29) is 12.5 Å². The van der Waals surface area contributed by atoms with Crippen LogP contribution in [0.3, 0.4) is 0 Å². The van der Waals surface area contributed by atoms with E-state index in [0.717, 1.165) is 13.1 Å². The average molecular weight is 305 g/mol. The van der Waals surface area contributed by atoms with Gasteiger partial charge in [0.05, 0.1) is 12.2 Å². The van der Waals surface area contributed by atoms with Crippen LogP contribution in [0.15, 0.2) is 24.5 Å². The lowest BCUT2D eigenvalue weighted by molar-refractivity contribution is -0.143. The molecule has 7 heteroatoms. The molecule has 2 fully saturated rings. The fraction of sp³-hybridized carbons (Fsp3) is 0.533. The molecule has 7 nitrogen and oxygen atoms in total. The zero-order chi connectivity index (χ0) is 15.7. The monoisotopic (exact) mass is 305 g/mol. The summed E-state index contributed by atoms with van der Waals surface area (Å²) in [5, 5.41) is 9.45. The van der Waals surface area contributed by atoms with Crippen molar-refractivity contribution in [1.82, 2.24) is 14.8 Å². The summed E-state index contributed by atoms with van der Waals surface area (Å²) in [5.41, 5.74) is -0.430. The third-order valence-corrected chi connectivity index (χ3v) is 4.44. The Labute approximate surface area is 128 Å². The number of hydrogen-bond acceptors (Lipinski definition) is 5. The van der Waals surface area contributed by atoms with Gasteiger partial charge in [-0.2, -0.15) is 0 Å². The maximum absolute atomic E-state index is 12.8. The standard InChI is InChI=1S/C15H19N3O4/c1-17-7-4-15(5-8-17)18(12(10-22-15)14(20)21)13(19)11-3-2-6-16-9-11/h2-3,6,9,12H,4-5,7-8,10H2,1H3,(H,20,21)/t12-/m0/s1. The van der Waals surface area contributed by atoms with Crippen LogP contribution in [-0.4, -0.2) is 70.3 Å². The van der Waals surface area contributed by atoms with E-state index in [2.05, 4.69) is 9.88 Å². The molecule has 0 bridgehead atoms. The fourth-order valence-electron chi connectivity index (χ4n) is 3.15. The van der Waals surface area contributed by atoms with E-state index in [1.807, 2.05) is 7.05 Å². The highest BCUT2D eigenvalue weighted by Gasteiger charge is 2.53. The highest BCUT2D eigenvalue weighted by Crippen LogP contribution is 2.38. The largest absolute Gasteiger partial charge is 0.480 e. The molecule has 3 rings (SSSR count). The van der Waals surface area contributed by atoms with Crippen molar-refractivity contribution in [1.29, 1.82) is 0 Å². The van der Waals surface area contributed by atoms with Crippen molar-refractivity contribution in [3.8, 4) is 0 Å². The molecule has 0 saturated carbocycles. The van der Waals surface area contributed by atoms with Gasteiger partial charge in [0.15, 0.2) is 6.04 Å². The number of aromatic nitrogens is 1. The molecule has 2 saturated heterocycles. The van der Waals surface area contributed by atoms with Crippen LogP contribution in [0.25, 0.3) is 0 Å². The number of likely N-dealkylation sites (tertiary alicyclic amines) is 1. The van der Waals surface area contributed by atoms with Crippen LogP contribution in [0.1, 0.15) is 23.2 Å². The van der Waals surface area contributed by atoms with Gasteiger partial charge in [-0.1, -0.05) is 0 Å². The summed E-state index contributed by atoms with van der Waals surface area (Å²) in [7, 11) is 2.00. The molecule has 0 aromatic carbocycles. The molecule has 1 atom stereocenters. The minimum absolute atomic E-state index is 0.0328. The number of carbonyl (C=O) groups is 2. The van der Waals surface area contributed by atoms with Crippen LogP contribution in [0.5, 0.6) is 0 Å². The predicted octanol–water partition coefficient (Wildman–Crippen LogP) is 0.429. The lowest BCUT2D eigenvalue weighted by atomic mass is 9.97. The number of ether oxygens (including phenoxy) is 1. The average Bonchev–Trinajstić information content (AvgIpc) is 2.90. The topological polar surface area (TPSA) is 83.0 Å². The van der Waals surface area contributed by atoms with Crippen LogP contribution in [-0.2, 0) is 9.53 Å². The number of hydrogen-bond donors (Lipinski definition) is 1. The number of nitrogens with zero attached hydrogens (tertiary/aromatic N) is 3. The Morgan fingerprint density at radius 2 is 2.14 bits per heavy atom. The normalized spacial score (nSPS) is 24.6. The first-order valence-electron chi connectivity index (χ1n) is 7.32. The molecule has 3 heterocycles. The minimum Gasteiger partial charge on any atom is -0.480 e. The van der Waals surface area contributed by atoms with Gasteiger partial charge in [-0.15, -0.1) is 0 Å². The van der Waals surface area contributed by atoms with E-state index in [9.17, 15) is 14.7 Å². The Morgan fingerprint density at radius 3 is 2.73 bits per heavy atom. The van der Waals surface area contributed by atoms with Crippen LogP contribution < -0.4 is 0 Å². The molecule has 0 unspecified atom stereocenters. The van der Waals surface area contributed by atoms with E-state index in [0.29, 0.717) is 18.4 Å². The SMILES string of the molecule is CN1CCC2(CC1)OC[C@@H](C(=O)O)N2C(=O)c1cccnc1. The van der Waals surface area contributed by atoms with Crippen molar-refractivity contribution in [2.75, 3.05) is 26.7 Å². The molecule has 1 aromatic heterocycles. The molecule has 1 amide bonds. The summed E-state index contributed by atoms with van der Waals surface area (Å²) in [4.78, 5) is 31.9. The number of pyridine rings is 1. The van der Waals surface area contributed by atoms with Crippen LogP contribution in [0.2, 0.25) is 0 Å². The Balaban J connectivity index is 1.94. The van der Waals surface area contributed by atoms with Gasteiger partial charge < -0.3 is 14.7 Å². The van der Waals surface area contributed by atoms with Gasteiger partial charge >= 0.3 is 5.97 Å². The first-order chi connectivity index (χ1) is 10.5. The second kappa shape index (κ2) is 5.66. The molecule has 22 heavy (non-hydrogen) atoms. The zero-order valence-electron chi connectivity index (χ0n) is 12.4. The van der Waals surface area contributed by atoms with E-state index < -0.39 is 17.7 Å². The number of rotatable bonds is 2. The van der Waals surface area contributed by atoms with Crippen molar-refractivity contribution in [2.24, 2.45) is 0 Å². The number of piperidine rings is 1. The van der Waals surface area contributed by atoms with Gasteiger partial charge in [0.25, 0.3) is 5.91 Å². The molecule has 1 N–H and O–H groups in total. The fourth-order valence-corrected chi connectivity index (χ4v) is 3.15. The van der Waals surface area contributed by atoms with E-state index in [1.165, 1.54) is 11.1 Å². The van der Waals surface area contributed by atoms with Crippen LogP contribution in [0, 0.1) is 0 Å². The molecular weight excluding hydrogens is 286 g/mol. The molecule has 1 aromatic rings. The predicted molar refractivity (Wildman–Crippen MR) is 77.2 cm³/mol. The Bertz CT molecular complexity index is 569. The Kier molecular flexibility index (Phi) is 3.84. The zero-order valence-corrected chi connectivity index (χ0v) is 12.4. The van der Waals surface area contributed by atoms with Crippen molar-refractivity contribution in [3.05, 3.63) is 30.1 Å². The van der Waals surface area contributed by atoms with Gasteiger partial charge in [-0.3, -0.25) is 14.7 Å². The summed E-state index contributed by atoms with van der Waals surface area (Å²) in [6, 6.07) is 2.37. The number of aliphatic carboxylic acids is 1. The van der Waals surface area contributed by atoms with Crippen molar-refractivity contribution in [2.45, 2.75) is 24.6 Å². The van der Waals surface area contributed by atoms with Gasteiger partial charge in [-0.05, 0) is 19.2 Å². The van der Waals surface area contributed by atoms with E-state index in [4.69, 9.17) is 4.74 Å². The third-order valence-electron chi connectivity index (χ3n) is 4.44. The van der Waals surface area contributed by atoms with Crippen molar-refractivity contribution < 1.29 is 19.4 Å². The second-order valence-electron chi connectivity index (χ2n) is 5.83. The van der Waals surface area contributed by atoms with Gasteiger partial charge in [0.1, 0.15) is 5.72 Å². The van der Waals surface area contributed by atoms with Gasteiger partial charge in [0.2, 0.25) is 0 Å². The molecule has 118 valence electrons. The first-order valence-corrected chi connectivity index (χ1v) is 7.32. The summed E-state index contributed by atoms with van der Waals surface area (Å²) < 4.78 is 5.84. The second-order valence-corrected chi connectivity index (χ2v) is 5.83. The summed E-state index contributed by atoms with van der Waals surface area (Å²) in [6.07, 6.45) is 4.26. The third kappa shape index (κ3) is 2.46.